The predicted octanol–water partition coefficient (Wildman–Crippen LogP) is 3.68. The van der Waals surface area contributed by atoms with Gasteiger partial charge in [0, 0.05) is 25.7 Å². The van der Waals surface area contributed by atoms with Crippen molar-refractivity contribution in [2.45, 2.75) is 46.3 Å². The molecule has 0 unspecified atom stereocenters. The lowest BCUT2D eigenvalue weighted by Gasteiger charge is -2.25. The smallest absolute Gasteiger partial charge is 0.0642 e. The highest BCUT2D eigenvalue weighted by molar-refractivity contribution is 6.33. The van der Waals surface area contributed by atoms with Gasteiger partial charge in [0.1, 0.15) is 0 Å². The molecule has 1 rings (SSSR count). The number of rotatable bonds is 5. The first-order valence-electron chi connectivity index (χ1n) is 6.16. The van der Waals surface area contributed by atoms with E-state index in [9.17, 15) is 0 Å². The van der Waals surface area contributed by atoms with E-state index in [1.54, 1.807) is 0 Å². The van der Waals surface area contributed by atoms with Gasteiger partial charge in [-0.15, -0.1) is 0 Å². The zero-order chi connectivity index (χ0) is 13.0. The Hall–Kier alpha value is -0.730. The van der Waals surface area contributed by atoms with Crippen LogP contribution in [0.25, 0.3) is 0 Å². The molecular weight excluding hydrogens is 232 g/mol. The van der Waals surface area contributed by atoms with Gasteiger partial charge in [-0.25, -0.2) is 0 Å². The van der Waals surface area contributed by atoms with Gasteiger partial charge < -0.3 is 10.2 Å². The molecule has 17 heavy (non-hydrogen) atoms. The first-order valence-corrected chi connectivity index (χ1v) is 6.54. The zero-order valence-electron chi connectivity index (χ0n) is 11.4. The van der Waals surface area contributed by atoms with Crippen LogP contribution in [-0.4, -0.2) is 19.1 Å². The molecule has 0 aliphatic rings. The average Bonchev–Trinajstić information content (AvgIpc) is 2.25. The molecule has 2 nitrogen and oxygen atoms in total. The van der Waals surface area contributed by atoms with Crippen LogP contribution in [0.4, 0.5) is 5.69 Å². The van der Waals surface area contributed by atoms with E-state index in [-0.39, 0.29) is 0 Å². The first kappa shape index (κ1) is 14.3. The molecule has 1 aromatic carbocycles. The van der Waals surface area contributed by atoms with E-state index < -0.39 is 0 Å². The Balaban J connectivity index is 2.79. The summed E-state index contributed by atoms with van der Waals surface area (Å²) in [6.45, 7) is 9.46. The second kappa shape index (κ2) is 6.27. The van der Waals surface area contributed by atoms with Gasteiger partial charge in [-0.05, 0) is 31.5 Å². The molecule has 0 spiro atoms. The minimum atomic E-state index is 0.451. The Labute approximate surface area is 110 Å². The SMILES string of the molecule is CC(C)NCc1ccc(N(C)C(C)C)c(Cl)c1. The van der Waals surface area contributed by atoms with Crippen molar-refractivity contribution in [3.63, 3.8) is 0 Å². The average molecular weight is 255 g/mol. The molecule has 0 aromatic heterocycles. The highest BCUT2D eigenvalue weighted by Gasteiger charge is 2.09. The lowest BCUT2D eigenvalue weighted by Crippen LogP contribution is -2.26. The van der Waals surface area contributed by atoms with Crippen LogP contribution in [0.1, 0.15) is 33.3 Å². The summed E-state index contributed by atoms with van der Waals surface area (Å²) < 4.78 is 0. The second-order valence-electron chi connectivity index (χ2n) is 5.03. The van der Waals surface area contributed by atoms with Gasteiger partial charge >= 0.3 is 0 Å². The van der Waals surface area contributed by atoms with Crippen LogP contribution in [0.3, 0.4) is 0 Å². The molecule has 96 valence electrons. The highest BCUT2D eigenvalue weighted by atomic mass is 35.5. The number of anilines is 1. The summed E-state index contributed by atoms with van der Waals surface area (Å²) in [5.41, 5.74) is 2.32. The van der Waals surface area contributed by atoms with E-state index >= 15 is 0 Å². The Bertz CT molecular complexity index is 361. The molecule has 0 aliphatic heterocycles. The third-order valence-corrected chi connectivity index (χ3v) is 3.18. The molecule has 0 heterocycles. The van der Waals surface area contributed by atoms with Gasteiger partial charge in [0.15, 0.2) is 0 Å². The van der Waals surface area contributed by atoms with Gasteiger partial charge in [-0.1, -0.05) is 31.5 Å². The van der Waals surface area contributed by atoms with E-state index in [0.717, 1.165) is 17.3 Å². The number of hydrogen-bond acceptors (Lipinski definition) is 2. The van der Waals surface area contributed by atoms with Crippen molar-refractivity contribution < 1.29 is 0 Å². The summed E-state index contributed by atoms with van der Waals surface area (Å²) in [4.78, 5) is 2.18. The number of benzene rings is 1. The summed E-state index contributed by atoms with van der Waals surface area (Å²) in [5, 5.41) is 4.21. The number of nitrogens with one attached hydrogen (secondary N) is 1. The van der Waals surface area contributed by atoms with Crippen molar-refractivity contribution in [2.24, 2.45) is 0 Å². The van der Waals surface area contributed by atoms with E-state index in [4.69, 9.17) is 11.6 Å². The first-order chi connectivity index (χ1) is 7.91. The van der Waals surface area contributed by atoms with Gasteiger partial charge in [0.2, 0.25) is 0 Å². The summed E-state index contributed by atoms with van der Waals surface area (Å²) in [7, 11) is 2.07. The van der Waals surface area contributed by atoms with E-state index in [2.05, 4.69) is 57.1 Å². The largest absolute Gasteiger partial charge is 0.371 e. The molecule has 0 amide bonds. The van der Waals surface area contributed by atoms with Crippen molar-refractivity contribution >= 4 is 17.3 Å². The summed E-state index contributed by atoms with van der Waals surface area (Å²) >= 11 is 6.31. The van der Waals surface area contributed by atoms with E-state index in [1.165, 1.54) is 5.56 Å². The minimum Gasteiger partial charge on any atom is -0.371 e. The molecule has 1 N–H and O–H groups in total. The van der Waals surface area contributed by atoms with Gasteiger partial charge in [-0.3, -0.25) is 0 Å². The molecule has 1 aromatic rings. The van der Waals surface area contributed by atoms with Crippen LogP contribution < -0.4 is 10.2 Å². The fourth-order valence-electron chi connectivity index (χ4n) is 1.55. The highest BCUT2D eigenvalue weighted by Crippen LogP contribution is 2.27. The third kappa shape index (κ3) is 4.21. The normalized spacial score (nSPS) is 11.3. The lowest BCUT2D eigenvalue weighted by molar-refractivity contribution is 0.589. The summed E-state index contributed by atoms with van der Waals surface area (Å²) in [6, 6.07) is 7.22. The Kier molecular flexibility index (Phi) is 5.29. The van der Waals surface area contributed by atoms with E-state index in [1.807, 2.05) is 6.07 Å². The van der Waals surface area contributed by atoms with Gasteiger partial charge in [0.05, 0.1) is 10.7 Å². The molecule has 0 aliphatic carbocycles. The maximum Gasteiger partial charge on any atom is 0.0642 e. The minimum absolute atomic E-state index is 0.451. The third-order valence-electron chi connectivity index (χ3n) is 2.88. The standard InChI is InChI=1S/C14H23ClN2/c1-10(2)16-9-12-6-7-14(13(15)8-12)17(5)11(3)4/h6-8,10-11,16H,9H2,1-5H3. The lowest BCUT2D eigenvalue weighted by atomic mass is 10.1. The van der Waals surface area contributed by atoms with Crippen molar-refractivity contribution in [1.82, 2.24) is 5.32 Å². The van der Waals surface area contributed by atoms with Gasteiger partial charge in [0.25, 0.3) is 0 Å². The van der Waals surface area contributed by atoms with Crippen LogP contribution in [0.15, 0.2) is 18.2 Å². The van der Waals surface area contributed by atoms with Crippen LogP contribution in [-0.2, 0) is 6.54 Å². The second-order valence-corrected chi connectivity index (χ2v) is 5.43. The molecule has 3 heteroatoms. The maximum absolute atomic E-state index is 6.31. The molecule has 0 bridgehead atoms. The molecular formula is C14H23ClN2. The van der Waals surface area contributed by atoms with Crippen LogP contribution >= 0.6 is 11.6 Å². The number of halogens is 1. The summed E-state index contributed by atoms with van der Waals surface area (Å²) in [6.07, 6.45) is 0. The Morgan fingerprint density at radius 2 is 1.88 bits per heavy atom. The van der Waals surface area contributed by atoms with E-state index in [0.29, 0.717) is 12.1 Å². The quantitative estimate of drug-likeness (QED) is 0.862. The molecule has 0 saturated heterocycles. The van der Waals surface area contributed by atoms with Crippen LogP contribution in [0, 0.1) is 0 Å². The predicted molar refractivity (Wildman–Crippen MR) is 77.0 cm³/mol. The maximum atomic E-state index is 6.31. The van der Waals surface area contributed by atoms with Gasteiger partial charge in [-0.2, -0.15) is 0 Å². The fourth-order valence-corrected chi connectivity index (χ4v) is 1.88. The summed E-state index contributed by atoms with van der Waals surface area (Å²) in [5.74, 6) is 0. The fraction of sp³-hybridized carbons (Fsp3) is 0.571. The Morgan fingerprint density at radius 3 is 2.35 bits per heavy atom. The Morgan fingerprint density at radius 1 is 1.24 bits per heavy atom. The zero-order valence-corrected chi connectivity index (χ0v) is 12.2. The van der Waals surface area contributed by atoms with Crippen molar-refractivity contribution in [3.8, 4) is 0 Å². The molecule has 0 atom stereocenters. The molecule has 0 saturated carbocycles. The van der Waals surface area contributed by atoms with Crippen LogP contribution in [0.2, 0.25) is 5.02 Å². The monoisotopic (exact) mass is 254 g/mol. The number of nitrogens with zero attached hydrogens (tertiary/aromatic N) is 1. The number of hydrogen-bond donors (Lipinski definition) is 1. The topological polar surface area (TPSA) is 15.3 Å². The molecule has 0 radical (unpaired) electrons. The van der Waals surface area contributed by atoms with Crippen LogP contribution in [0.5, 0.6) is 0 Å². The van der Waals surface area contributed by atoms with Crippen molar-refractivity contribution in [2.75, 3.05) is 11.9 Å². The van der Waals surface area contributed by atoms with Crippen molar-refractivity contribution in [1.29, 1.82) is 0 Å². The van der Waals surface area contributed by atoms with Crippen molar-refractivity contribution in [3.05, 3.63) is 28.8 Å². The molecule has 0 fully saturated rings.